The van der Waals surface area contributed by atoms with Gasteiger partial charge in [-0.05, 0) is 25.7 Å². The molecule has 0 bridgehead atoms. The first-order valence-electron chi connectivity index (χ1n) is 11.1. The summed E-state index contributed by atoms with van der Waals surface area (Å²) in [6.07, 6.45) is 13.3. The topological polar surface area (TPSA) is 134 Å². The fourth-order valence-electron chi connectivity index (χ4n) is 2.57. The van der Waals surface area contributed by atoms with Crippen molar-refractivity contribution in [3.63, 3.8) is 0 Å². The third-order valence-corrected chi connectivity index (χ3v) is 5.19. The molecule has 2 atom stereocenters. The van der Waals surface area contributed by atoms with Crippen molar-refractivity contribution in [3.8, 4) is 0 Å². The zero-order valence-electron chi connectivity index (χ0n) is 19.0. The van der Waals surface area contributed by atoms with E-state index in [-0.39, 0.29) is 26.2 Å². The molecule has 0 aromatic carbocycles. The number of rotatable bonds is 20. The van der Waals surface area contributed by atoms with Crippen LogP contribution in [0.3, 0.4) is 0 Å². The fraction of sp³-hybridized carbons (Fsp3) is 0.810. The van der Waals surface area contributed by atoms with Crippen LogP contribution < -0.4 is 5.73 Å². The van der Waals surface area contributed by atoms with E-state index >= 15 is 0 Å². The van der Waals surface area contributed by atoms with Crippen LogP contribution in [0.25, 0.3) is 0 Å². The van der Waals surface area contributed by atoms with Gasteiger partial charge >= 0.3 is 19.8 Å². The first kappa shape index (κ1) is 29.8. The molecule has 0 amide bonds. The summed E-state index contributed by atoms with van der Waals surface area (Å²) < 4.78 is 31.2. The number of unbranched alkanes of at least 4 members (excludes halogenated alkanes) is 7. The summed E-state index contributed by atoms with van der Waals surface area (Å²) in [5.74, 6) is -1.04. The molecule has 0 aliphatic rings. The Morgan fingerprint density at radius 2 is 1.65 bits per heavy atom. The molecule has 182 valence electrons. The lowest BCUT2D eigenvalue weighted by molar-refractivity contribution is -0.160. The quantitative estimate of drug-likeness (QED) is 0.118. The first-order chi connectivity index (χ1) is 14.8. The van der Waals surface area contributed by atoms with Crippen LogP contribution in [-0.4, -0.2) is 49.3 Å². The van der Waals surface area contributed by atoms with Gasteiger partial charge < -0.3 is 20.1 Å². The van der Waals surface area contributed by atoms with Gasteiger partial charge in [-0.2, -0.15) is 0 Å². The second kappa shape index (κ2) is 19.4. The number of phosphoric acid groups is 1. The van der Waals surface area contributed by atoms with Gasteiger partial charge in [0.05, 0.1) is 13.2 Å². The standard InChI is InChI=1S/C21H40NO8P/c1-3-4-5-6-7-8-9-10-11-12-13-14-21(24)30-20(17-27-19(2)23)18-29-31(25,26)28-16-15-22/h6-7,20H,3-5,8-18,22H2,1-2H3,(H,25,26)/b7-6-. The Morgan fingerprint density at radius 1 is 1.00 bits per heavy atom. The first-order valence-corrected chi connectivity index (χ1v) is 12.6. The van der Waals surface area contributed by atoms with Crippen LogP contribution >= 0.6 is 7.82 Å². The van der Waals surface area contributed by atoms with E-state index in [0.29, 0.717) is 6.42 Å². The summed E-state index contributed by atoms with van der Waals surface area (Å²) in [4.78, 5) is 32.6. The number of ether oxygens (including phenoxy) is 2. The zero-order chi connectivity index (χ0) is 23.4. The largest absolute Gasteiger partial charge is 0.472 e. The van der Waals surface area contributed by atoms with Crippen LogP contribution in [0, 0.1) is 0 Å². The number of hydrogen-bond donors (Lipinski definition) is 2. The molecule has 9 nitrogen and oxygen atoms in total. The molecule has 0 saturated carbocycles. The Morgan fingerprint density at radius 3 is 2.29 bits per heavy atom. The summed E-state index contributed by atoms with van der Waals surface area (Å²) >= 11 is 0. The number of carbonyl (C=O) groups excluding carboxylic acids is 2. The van der Waals surface area contributed by atoms with Crippen molar-refractivity contribution in [2.24, 2.45) is 5.73 Å². The predicted octanol–water partition coefficient (Wildman–Crippen LogP) is 4.03. The van der Waals surface area contributed by atoms with Crippen molar-refractivity contribution in [2.45, 2.75) is 84.2 Å². The average molecular weight is 466 g/mol. The SMILES string of the molecule is CCCC/C=C\CCCCCCCC(=O)OC(COC(C)=O)COP(=O)(O)OCCN. The maximum Gasteiger partial charge on any atom is 0.472 e. The monoisotopic (exact) mass is 465 g/mol. The van der Waals surface area contributed by atoms with Gasteiger partial charge in [-0.25, -0.2) is 4.57 Å². The van der Waals surface area contributed by atoms with E-state index in [1.807, 2.05) is 0 Å². The van der Waals surface area contributed by atoms with Gasteiger partial charge in [-0.3, -0.25) is 18.6 Å². The maximum absolute atomic E-state index is 12.0. The van der Waals surface area contributed by atoms with E-state index in [2.05, 4.69) is 23.6 Å². The molecular formula is C21H40NO8P. The normalized spacial score (nSPS) is 14.3. The van der Waals surface area contributed by atoms with Crippen molar-refractivity contribution in [1.29, 1.82) is 0 Å². The lowest BCUT2D eigenvalue weighted by Crippen LogP contribution is -2.29. The van der Waals surface area contributed by atoms with Crippen molar-refractivity contribution < 1.29 is 37.6 Å². The molecule has 0 radical (unpaired) electrons. The Kier molecular flexibility index (Phi) is 18.7. The van der Waals surface area contributed by atoms with Crippen molar-refractivity contribution in [3.05, 3.63) is 12.2 Å². The second-order valence-corrected chi connectivity index (χ2v) is 8.67. The maximum atomic E-state index is 12.0. The highest BCUT2D eigenvalue weighted by atomic mass is 31.2. The molecule has 0 aromatic rings. The van der Waals surface area contributed by atoms with Gasteiger partial charge in [0.1, 0.15) is 6.61 Å². The van der Waals surface area contributed by atoms with E-state index in [1.54, 1.807) is 0 Å². The minimum atomic E-state index is -4.32. The summed E-state index contributed by atoms with van der Waals surface area (Å²) in [6.45, 7) is 2.58. The van der Waals surface area contributed by atoms with E-state index in [9.17, 15) is 19.0 Å². The van der Waals surface area contributed by atoms with Crippen molar-refractivity contribution in [2.75, 3.05) is 26.4 Å². The minimum Gasteiger partial charge on any atom is -0.462 e. The van der Waals surface area contributed by atoms with Gasteiger partial charge in [-0.1, -0.05) is 51.2 Å². The van der Waals surface area contributed by atoms with Gasteiger partial charge in [-0.15, -0.1) is 0 Å². The number of hydrogen-bond acceptors (Lipinski definition) is 8. The van der Waals surface area contributed by atoms with Gasteiger partial charge in [0.15, 0.2) is 6.10 Å². The lowest BCUT2D eigenvalue weighted by Gasteiger charge is -2.19. The van der Waals surface area contributed by atoms with Crippen LogP contribution in [0.5, 0.6) is 0 Å². The summed E-state index contributed by atoms with van der Waals surface area (Å²) in [5.41, 5.74) is 5.21. The zero-order valence-corrected chi connectivity index (χ0v) is 19.9. The number of nitrogens with two attached hydrogens (primary N) is 1. The molecule has 3 N–H and O–H groups in total. The molecule has 0 aliphatic heterocycles. The van der Waals surface area contributed by atoms with Crippen LogP contribution in [0.15, 0.2) is 12.2 Å². The van der Waals surface area contributed by atoms with E-state index in [4.69, 9.17) is 19.7 Å². The smallest absolute Gasteiger partial charge is 0.462 e. The third kappa shape index (κ3) is 20.4. The molecule has 0 rings (SSSR count). The van der Waals surface area contributed by atoms with Crippen LogP contribution in [0.4, 0.5) is 0 Å². The Labute approximate surface area is 186 Å². The molecule has 0 aromatic heterocycles. The van der Waals surface area contributed by atoms with E-state index in [1.165, 1.54) is 19.8 Å². The third-order valence-electron chi connectivity index (χ3n) is 4.21. The number of esters is 2. The van der Waals surface area contributed by atoms with Gasteiger partial charge in [0.25, 0.3) is 0 Å². The summed E-state index contributed by atoms with van der Waals surface area (Å²) in [5, 5.41) is 0. The number of carbonyl (C=O) groups is 2. The molecule has 31 heavy (non-hydrogen) atoms. The van der Waals surface area contributed by atoms with E-state index < -0.39 is 32.5 Å². The highest BCUT2D eigenvalue weighted by molar-refractivity contribution is 7.47. The molecule has 0 aliphatic carbocycles. The minimum absolute atomic E-state index is 0.0510. The molecule has 0 fully saturated rings. The molecule has 0 heterocycles. The Bertz CT molecular complexity index is 555. The summed E-state index contributed by atoms with van der Waals surface area (Å²) in [7, 11) is -4.32. The number of allylic oxidation sites excluding steroid dienone is 2. The molecule has 2 unspecified atom stereocenters. The van der Waals surface area contributed by atoms with Gasteiger partial charge in [0.2, 0.25) is 0 Å². The highest BCUT2D eigenvalue weighted by Crippen LogP contribution is 2.43. The fourth-order valence-corrected chi connectivity index (χ4v) is 3.34. The Hall–Kier alpha value is -1.25. The van der Waals surface area contributed by atoms with Crippen LogP contribution in [0.2, 0.25) is 0 Å². The molecule has 0 spiro atoms. The highest BCUT2D eigenvalue weighted by Gasteiger charge is 2.25. The second-order valence-electron chi connectivity index (χ2n) is 7.22. The molecular weight excluding hydrogens is 425 g/mol. The van der Waals surface area contributed by atoms with Crippen LogP contribution in [0.1, 0.15) is 78.1 Å². The Balaban J connectivity index is 4.09. The number of phosphoric ester groups is 1. The molecule has 10 heteroatoms. The van der Waals surface area contributed by atoms with E-state index in [0.717, 1.165) is 38.5 Å². The lowest BCUT2D eigenvalue weighted by atomic mass is 10.1. The van der Waals surface area contributed by atoms with Crippen molar-refractivity contribution in [1.82, 2.24) is 0 Å². The average Bonchev–Trinajstić information content (AvgIpc) is 2.72. The van der Waals surface area contributed by atoms with Crippen molar-refractivity contribution >= 4 is 19.8 Å². The van der Waals surface area contributed by atoms with Crippen LogP contribution in [-0.2, 0) is 32.7 Å². The molecule has 0 saturated heterocycles. The predicted molar refractivity (Wildman–Crippen MR) is 118 cm³/mol. The van der Waals surface area contributed by atoms with Gasteiger partial charge in [0, 0.05) is 19.9 Å². The summed E-state index contributed by atoms with van der Waals surface area (Å²) in [6, 6.07) is 0.